The van der Waals surface area contributed by atoms with Crippen molar-refractivity contribution in [2.24, 2.45) is 0 Å². The van der Waals surface area contributed by atoms with E-state index in [9.17, 15) is 4.79 Å². The summed E-state index contributed by atoms with van der Waals surface area (Å²) in [5, 5.41) is 0. The first kappa shape index (κ1) is 17.0. The van der Waals surface area contributed by atoms with Gasteiger partial charge in [0.15, 0.2) is 0 Å². The highest BCUT2D eigenvalue weighted by atomic mass is 16.2. The number of amides is 1. The predicted octanol–water partition coefficient (Wildman–Crippen LogP) is 3.64. The van der Waals surface area contributed by atoms with Crippen LogP contribution in [0, 0.1) is 0 Å². The largest absolute Gasteiger partial charge is 0.340 e. The normalized spacial score (nSPS) is 16.3. The third kappa shape index (κ3) is 4.84. The average molecular weight is 302 g/mol. The van der Waals surface area contributed by atoms with Crippen molar-refractivity contribution in [3.8, 4) is 0 Å². The van der Waals surface area contributed by atoms with Gasteiger partial charge in [-0.25, -0.2) is 0 Å². The van der Waals surface area contributed by atoms with Crippen molar-refractivity contribution < 1.29 is 4.79 Å². The molecule has 2 rings (SSSR count). The number of nitrogens with zero attached hydrogens (tertiary/aromatic N) is 2. The molecule has 1 aromatic carbocycles. The van der Waals surface area contributed by atoms with E-state index in [4.69, 9.17) is 0 Å². The maximum atomic E-state index is 12.0. The monoisotopic (exact) mass is 302 g/mol. The van der Waals surface area contributed by atoms with Crippen molar-refractivity contribution in [1.29, 1.82) is 0 Å². The van der Waals surface area contributed by atoms with Crippen LogP contribution < -0.4 is 0 Å². The summed E-state index contributed by atoms with van der Waals surface area (Å²) in [5.41, 5.74) is 2.77. The van der Waals surface area contributed by atoms with Crippen LogP contribution in [-0.4, -0.2) is 41.9 Å². The molecule has 0 spiro atoms. The highest BCUT2D eigenvalue weighted by molar-refractivity contribution is 5.76. The lowest BCUT2D eigenvalue weighted by atomic mass is 10.0. The molecule has 1 aromatic rings. The molecule has 1 amide bonds. The Labute approximate surface area is 135 Å². The summed E-state index contributed by atoms with van der Waals surface area (Å²) in [7, 11) is 0. The molecular formula is C19H30N2O. The van der Waals surface area contributed by atoms with Gasteiger partial charge in [0.25, 0.3) is 0 Å². The average Bonchev–Trinajstić information content (AvgIpc) is 2.54. The van der Waals surface area contributed by atoms with E-state index >= 15 is 0 Å². The number of hydrogen-bond acceptors (Lipinski definition) is 2. The molecule has 3 heteroatoms. The second-order valence-corrected chi connectivity index (χ2v) is 6.66. The third-order valence-corrected chi connectivity index (χ3v) is 4.52. The van der Waals surface area contributed by atoms with Gasteiger partial charge in [0.2, 0.25) is 5.91 Å². The van der Waals surface area contributed by atoms with Gasteiger partial charge in [-0.2, -0.15) is 0 Å². The Bertz CT molecular complexity index is 459. The lowest BCUT2D eigenvalue weighted by Crippen LogP contribution is -2.48. The lowest BCUT2D eigenvalue weighted by Gasteiger charge is -2.35. The summed E-state index contributed by atoms with van der Waals surface area (Å²) in [5.74, 6) is 0.925. The zero-order chi connectivity index (χ0) is 15.9. The molecule has 0 atom stereocenters. The zero-order valence-corrected chi connectivity index (χ0v) is 14.3. The summed E-state index contributed by atoms with van der Waals surface area (Å²) < 4.78 is 0. The highest BCUT2D eigenvalue weighted by Gasteiger charge is 2.20. The van der Waals surface area contributed by atoms with Crippen LogP contribution >= 0.6 is 0 Å². The van der Waals surface area contributed by atoms with Crippen molar-refractivity contribution in [2.45, 2.75) is 52.5 Å². The van der Waals surface area contributed by atoms with Gasteiger partial charge >= 0.3 is 0 Å². The second-order valence-electron chi connectivity index (χ2n) is 6.66. The van der Waals surface area contributed by atoms with E-state index in [-0.39, 0.29) is 0 Å². The lowest BCUT2D eigenvalue weighted by molar-refractivity contribution is -0.133. The van der Waals surface area contributed by atoms with Crippen LogP contribution in [0.15, 0.2) is 24.3 Å². The molecule has 0 saturated carbocycles. The number of benzene rings is 1. The first-order valence-electron chi connectivity index (χ1n) is 8.69. The maximum absolute atomic E-state index is 12.0. The Hall–Kier alpha value is -1.35. The van der Waals surface area contributed by atoms with E-state index in [1.165, 1.54) is 11.1 Å². The van der Waals surface area contributed by atoms with Crippen molar-refractivity contribution >= 4 is 5.91 Å². The minimum Gasteiger partial charge on any atom is -0.340 e. The molecule has 1 fully saturated rings. The Kier molecular flexibility index (Phi) is 6.44. The van der Waals surface area contributed by atoms with Crippen LogP contribution in [0.3, 0.4) is 0 Å². The van der Waals surface area contributed by atoms with Gasteiger partial charge in [0.05, 0.1) is 0 Å². The van der Waals surface area contributed by atoms with Crippen molar-refractivity contribution in [3.05, 3.63) is 35.4 Å². The van der Waals surface area contributed by atoms with E-state index in [1.807, 2.05) is 4.90 Å². The molecule has 22 heavy (non-hydrogen) atoms. The van der Waals surface area contributed by atoms with Gasteiger partial charge in [-0.15, -0.1) is 0 Å². The van der Waals surface area contributed by atoms with Gasteiger partial charge in [-0.05, 0) is 23.5 Å². The fourth-order valence-electron chi connectivity index (χ4n) is 2.91. The van der Waals surface area contributed by atoms with Crippen LogP contribution in [0.4, 0.5) is 0 Å². The number of carbonyl (C=O) groups excluding carboxylic acids is 1. The molecule has 0 N–H and O–H groups in total. The maximum Gasteiger partial charge on any atom is 0.222 e. The van der Waals surface area contributed by atoms with E-state index < -0.39 is 0 Å². The predicted molar refractivity (Wildman–Crippen MR) is 91.9 cm³/mol. The van der Waals surface area contributed by atoms with Crippen LogP contribution in [0.2, 0.25) is 0 Å². The van der Waals surface area contributed by atoms with E-state index in [0.29, 0.717) is 18.2 Å². The Balaban J connectivity index is 1.78. The molecule has 0 radical (unpaired) electrons. The molecule has 0 aliphatic carbocycles. The molecule has 3 nitrogen and oxygen atoms in total. The molecule has 0 bridgehead atoms. The third-order valence-electron chi connectivity index (χ3n) is 4.52. The van der Waals surface area contributed by atoms with Crippen LogP contribution in [0.5, 0.6) is 0 Å². The summed E-state index contributed by atoms with van der Waals surface area (Å²) in [6, 6.07) is 8.97. The van der Waals surface area contributed by atoms with E-state index in [0.717, 1.165) is 45.6 Å². The van der Waals surface area contributed by atoms with Crippen molar-refractivity contribution in [3.63, 3.8) is 0 Å². The summed E-state index contributed by atoms with van der Waals surface area (Å²) >= 11 is 0. The summed E-state index contributed by atoms with van der Waals surface area (Å²) in [6.45, 7) is 11.3. The molecule has 0 aromatic heterocycles. The second kappa shape index (κ2) is 8.33. The smallest absolute Gasteiger partial charge is 0.222 e. The number of piperazine rings is 1. The standard InChI is InChI=1S/C19H30N2O/c1-4-5-6-19(22)21-13-11-20(12-14-21)15-17-7-9-18(10-8-17)16(2)3/h7-10,16H,4-6,11-15H2,1-3H3. The quantitative estimate of drug-likeness (QED) is 0.801. The Morgan fingerprint density at radius 2 is 1.73 bits per heavy atom. The van der Waals surface area contributed by atoms with Crippen LogP contribution in [0.1, 0.15) is 57.1 Å². The SMILES string of the molecule is CCCCC(=O)N1CCN(Cc2ccc(C(C)C)cc2)CC1. The molecule has 1 saturated heterocycles. The van der Waals surface area contributed by atoms with E-state index in [2.05, 4.69) is 49.9 Å². The molecule has 1 aliphatic rings. The first-order chi connectivity index (χ1) is 10.6. The van der Waals surface area contributed by atoms with Gasteiger partial charge in [-0.3, -0.25) is 9.69 Å². The topological polar surface area (TPSA) is 23.6 Å². The van der Waals surface area contributed by atoms with Gasteiger partial charge in [-0.1, -0.05) is 51.5 Å². The fourth-order valence-corrected chi connectivity index (χ4v) is 2.91. The van der Waals surface area contributed by atoms with Gasteiger partial charge < -0.3 is 4.90 Å². The molecule has 0 unspecified atom stereocenters. The number of unbranched alkanes of at least 4 members (excludes halogenated alkanes) is 1. The molecule has 122 valence electrons. The number of rotatable bonds is 6. The van der Waals surface area contributed by atoms with Gasteiger partial charge in [0.1, 0.15) is 0 Å². The molecular weight excluding hydrogens is 272 g/mol. The summed E-state index contributed by atoms with van der Waals surface area (Å²) in [6.07, 6.45) is 2.83. The van der Waals surface area contributed by atoms with Crippen molar-refractivity contribution in [2.75, 3.05) is 26.2 Å². The van der Waals surface area contributed by atoms with E-state index in [1.54, 1.807) is 0 Å². The van der Waals surface area contributed by atoms with Crippen LogP contribution in [-0.2, 0) is 11.3 Å². The fraction of sp³-hybridized carbons (Fsp3) is 0.632. The highest BCUT2D eigenvalue weighted by Crippen LogP contribution is 2.16. The number of hydrogen-bond donors (Lipinski definition) is 0. The summed E-state index contributed by atoms with van der Waals surface area (Å²) in [4.78, 5) is 16.5. The Morgan fingerprint density at radius 1 is 1.09 bits per heavy atom. The molecule has 1 heterocycles. The molecule has 1 aliphatic heterocycles. The first-order valence-corrected chi connectivity index (χ1v) is 8.69. The van der Waals surface area contributed by atoms with Gasteiger partial charge in [0, 0.05) is 39.1 Å². The number of carbonyl (C=O) groups is 1. The Morgan fingerprint density at radius 3 is 2.27 bits per heavy atom. The van der Waals surface area contributed by atoms with Crippen molar-refractivity contribution in [1.82, 2.24) is 9.80 Å². The minimum absolute atomic E-state index is 0.336. The van der Waals surface area contributed by atoms with Crippen LogP contribution in [0.25, 0.3) is 0 Å². The zero-order valence-electron chi connectivity index (χ0n) is 14.3. The minimum atomic E-state index is 0.336.